The minimum Gasteiger partial charge on any atom is -0.496 e. The second kappa shape index (κ2) is 5.49. The fraction of sp³-hybridized carbons (Fsp3) is 0.357. The number of aromatic nitrogens is 3. The van der Waals surface area contributed by atoms with E-state index in [1.54, 1.807) is 17.0 Å². The van der Waals surface area contributed by atoms with Gasteiger partial charge in [0.25, 0.3) is 5.91 Å². The summed E-state index contributed by atoms with van der Waals surface area (Å²) in [6, 6.07) is 3.11. The van der Waals surface area contributed by atoms with Crippen LogP contribution in [0.15, 0.2) is 12.1 Å². The molecule has 0 atom stereocenters. The third-order valence-electron chi connectivity index (χ3n) is 3.60. The number of rotatable bonds is 2. The van der Waals surface area contributed by atoms with Crippen molar-refractivity contribution in [3.63, 3.8) is 0 Å². The molecule has 22 heavy (non-hydrogen) atoms. The Bertz CT molecular complexity index is 743. The Balaban J connectivity index is 1.90. The molecule has 1 amide bonds. The van der Waals surface area contributed by atoms with Gasteiger partial charge in [0.15, 0.2) is 0 Å². The van der Waals surface area contributed by atoms with Gasteiger partial charge >= 0.3 is 0 Å². The van der Waals surface area contributed by atoms with E-state index >= 15 is 0 Å². The lowest BCUT2D eigenvalue weighted by Gasteiger charge is -2.27. The number of aryl methyl sites for hydroxylation is 1. The molecule has 2 N–H and O–H groups in total. The molecular formula is C14H16ClN5O2. The summed E-state index contributed by atoms with van der Waals surface area (Å²) in [4.78, 5) is 18.8. The van der Waals surface area contributed by atoms with Crippen LogP contribution in [-0.2, 0) is 13.1 Å². The zero-order chi connectivity index (χ0) is 15.9. The lowest BCUT2D eigenvalue weighted by Crippen LogP contribution is -2.38. The number of nitrogens with two attached hydrogens (primary N) is 1. The number of carbonyl (C=O) groups excluding carboxylic acids is 1. The van der Waals surface area contributed by atoms with Gasteiger partial charge in [-0.2, -0.15) is 5.10 Å². The van der Waals surface area contributed by atoms with Crippen LogP contribution in [0.4, 0.5) is 5.69 Å². The lowest BCUT2D eigenvalue weighted by molar-refractivity contribution is 0.0699. The van der Waals surface area contributed by atoms with Gasteiger partial charge in [0.2, 0.25) is 0 Å². The number of benzene rings is 1. The Labute approximate surface area is 132 Å². The van der Waals surface area contributed by atoms with Crippen LogP contribution in [-0.4, -0.2) is 39.2 Å². The molecule has 8 heteroatoms. The quantitative estimate of drug-likeness (QED) is 0.847. The van der Waals surface area contributed by atoms with Crippen LogP contribution in [0.25, 0.3) is 0 Å². The van der Waals surface area contributed by atoms with Gasteiger partial charge in [-0.1, -0.05) is 11.6 Å². The van der Waals surface area contributed by atoms with Gasteiger partial charge in [0.05, 0.1) is 36.5 Å². The molecule has 0 spiro atoms. The molecule has 1 aliphatic rings. The summed E-state index contributed by atoms with van der Waals surface area (Å²) in [5.74, 6) is 1.73. The number of anilines is 1. The van der Waals surface area contributed by atoms with Crippen molar-refractivity contribution in [3.05, 3.63) is 34.4 Å². The van der Waals surface area contributed by atoms with Crippen molar-refractivity contribution in [1.82, 2.24) is 19.7 Å². The number of hydrogen-bond donors (Lipinski definition) is 1. The minimum absolute atomic E-state index is 0.161. The summed E-state index contributed by atoms with van der Waals surface area (Å²) < 4.78 is 7.07. The number of fused-ring (bicyclic) bond motifs is 1. The van der Waals surface area contributed by atoms with E-state index in [0.717, 1.165) is 5.82 Å². The fourth-order valence-corrected chi connectivity index (χ4v) is 2.67. The van der Waals surface area contributed by atoms with Gasteiger partial charge in [0.1, 0.15) is 17.4 Å². The largest absolute Gasteiger partial charge is 0.496 e. The first kappa shape index (κ1) is 14.6. The monoisotopic (exact) mass is 321 g/mol. The van der Waals surface area contributed by atoms with Gasteiger partial charge in [-0.3, -0.25) is 4.79 Å². The second-order valence-electron chi connectivity index (χ2n) is 5.10. The summed E-state index contributed by atoms with van der Waals surface area (Å²) in [5.41, 5.74) is 6.52. The van der Waals surface area contributed by atoms with E-state index in [2.05, 4.69) is 10.1 Å². The lowest BCUT2D eigenvalue weighted by atomic mass is 10.1. The van der Waals surface area contributed by atoms with Crippen LogP contribution >= 0.6 is 11.6 Å². The normalized spacial score (nSPS) is 13.9. The Morgan fingerprint density at radius 1 is 1.41 bits per heavy atom. The standard InChI is InChI=1S/C14H16ClN5O2/c1-8-17-13-7-19(3-4-20(13)18-8)14(21)9-5-10(15)11(16)6-12(9)22-2/h5-6H,3-4,7,16H2,1-2H3. The smallest absolute Gasteiger partial charge is 0.258 e. The van der Waals surface area contributed by atoms with Crippen LogP contribution in [0.1, 0.15) is 22.0 Å². The molecule has 0 radical (unpaired) electrons. The van der Waals surface area contributed by atoms with Gasteiger partial charge in [0, 0.05) is 12.6 Å². The van der Waals surface area contributed by atoms with E-state index in [1.807, 2.05) is 11.6 Å². The van der Waals surface area contributed by atoms with Crippen LogP contribution < -0.4 is 10.5 Å². The average molecular weight is 322 g/mol. The summed E-state index contributed by atoms with van der Waals surface area (Å²) in [7, 11) is 1.50. The van der Waals surface area contributed by atoms with Crippen molar-refractivity contribution in [2.75, 3.05) is 19.4 Å². The fourth-order valence-electron chi connectivity index (χ4n) is 2.51. The minimum atomic E-state index is -0.161. The van der Waals surface area contributed by atoms with E-state index in [9.17, 15) is 4.79 Å². The molecule has 0 saturated heterocycles. The topological polar surface area (TPSA) is 86.3 Å². The maximum absolute atomic E-state index is 12.7. The predicted octanol–water partition coefficient (Wildman–Crippen LogP) is 1.49. The molecule has 0 unspecified atom stereocenters. The van der Waals surface area contributed by atoms with Crippen molar-refractivity contribution in [3.8, 4) is 5.75 Å². The molecule has 0 saturated carbocycles. The molecule has 1 aromatic carbocycles. The Morgan fingerprint density at radius 2 is 2.18 bits per heavy atom. The summed E-state index contributed by atoms with van der Waals surface area (Å²) in [6.45, 7) is 3.41. The number of halogens is 1. The number of nitrogen functional groups attached to an aromatic ring is 1. The van der Waals surface area contributed by atoms with Gasteiger partial charge < -0.3 is 15.4 Å². The number of hydrogen-bond acceptors (Lipinski definition) is 5. The number of nitrogens with zero attached hydrogens (tertiary/aromatic N) is 4. The third kappa shape index (κ3) is 2.48. The Hall–Kier alpha value is -2.28. The number of amides is 1. The molecule has 1 aliphatic heterocycles. The highest BCUT2D eigenvalue weighted by Gasteiger charge is 2.26. The Morgan fingerprint density at radius 3 is 2.91 bits per heavy atom. The zero-order valence-corrected chi connectivity index (χ0v) is 13.1. The van der Waals surface area contributed by atoms with Gasteiger partial charge in [-0.15, -0.1) is 0 Å². The van der Waals surface area contributed by atoms with E-state index in [-0.39, 0.29) is 5.91 Å². The van der Waals surface area contributed by atoms with Crippen LogP contribution in [0.3, 0.4) is 0 Å². The first-order chi connectivity index (χ1) is 10.5. The SMILES string of the molecule is COc1cc(N)c(Cl)cc1C(=O)N1CCn2nc(C)nc2C1. The molecule has 0 bridgehead atoms. The predicted molar refractivity (Wildman–Crippen MR) is 81.9 cm³/mol. The first-order valence-electron chi connectivity index (χ1n) is 6.82. The van der Waals surface area contributed by atoms with Gasteiger partial charge in [-0.05, 0) is 13.0 Å². The molecule has 3 rings (SSSR count). The Kier molecular flexibility index (Phi) is 3.66. The highest BCUT2D eigenvalue weighted by atomic mass is 35.5. The van der Waals surface area contributed by atoms with Crippen LogP contribution in [0, 0.1) is 6.92 Å². The van der Waals surface area contributed by atoms with E-state index in [1.165, 1.54) is 7.11 Å². The number of ether oxygens (including phenoxy) is 1. The highest BCUT2D eigenvalue weighted by Crippen LogP contribution is 2.30. The van der Waals surface area contributed by atoms with Gasteiger partial charge in [-0.25, -0.2) is 9.67 Å². The summed E-state index contributed by atoms with van der Waals surface area (Å²) >= 11 is 6.03. The average Bonchev–Trinajstić information content (AvgIpc) is 2.87. The van der Waals surface area contributed by atoms with E-state index in [0.29, 0.717) is 47.5 Å². The van der Waals surface area contributed by atoms with Crippen molar-refractivity contribution in [1.29, 1.82) is 0 Å². The maximum atomic E-state index is 12.7. The number of methoxy groups -OCH3 is 1. The zero-order valence-electron chi connectivity index (χ0n) is 12.3. The van der Waals surface area contributed by atoms with Crippen molar-refractivity contribution in [2.24, 2.45) is 0 Å². The molecule has 0 aliphatic carbocycles. The van der Waals surface area contributed by atoms with Crippen molar-refractivity contribution in [2.45, 2.75) is 20.0 Å². The van der Waals surface area contributed by atoms with E-state index in [4.69, 9.17) is 22.1 Å². The molecule has 0 fully saturated rings. The molecule has 2 heterocycles. The molecule has 1 aromatic heterocycles. The number of carbonyl (C=O) groups is 1. The van der Waals surface area contributed by atoms with Crippen LogP contribution in [0.5, 0.6) is 5.75 Å². The third-order valence-corrected chi connectivity index (χ3v) is 3.93. The van der Waals surface area contributed by atoms with Crippen molar-refractivity contribution < 1.29 is 9.53 Å². The molecule has 2 aromatic rings. The van der Waals surface area contributed by atoms with Crippen LogP contribution in [0.2, 0.25) is 5.02 Å². The van der Waals surface area contributed by atoms with Crippen molar-refractivity contribution >= 4 is 23.2 Å². The summed E-state index contributed by atoms with van der Waals surface area (Å²) in [6.07, 6.45) is 0. The highest BCUT2D eigenvalue weighted by molar-refractivity contribution is 6.33. The molecule has 7 nitrogen and oxygen atoms in total. The summed E-state index contributed by atoms with van der Waals surface area (Å²) in [5, 5.41) is 4.62. The first-order valence-corrected chi connectivity index (χ1v) is 7.20. The maximum Gasteiger partial charge on any atom is 0.258 e. The second-order valence-corrected chi connectivity index (χ2v) is 5.51. The van der Waals surface area contributed by atoms with E-state index < -0.39 is 0 Å². The molecule has 116 valence electrons. The molecular weight excluding hydrogens is 306 g/mol.